The number of methoxy groups -OCH3 is 1. The lowest BCUT2D eigenvalue weighted by Crippen LogP contribution is -2.14. The van der Waals surface area contributed by atoms with Gasteiger partial charge in [0.1, 0.15) is 5.00 Å². The number of anilines is 2. The van der Waals surface area contributed by atoms with E-state index in [0.717, 1.165) is 22.5 Å². The number of ether oxygens (including phenoxy) is 3. The van der Waals surface area contributed by atoms with E-state index in [1.165, 1.54) is 7.11 Å². The summed E-state index contributed by atoms with van der Waals surface area (Å²) in [6.07, 6.45) is 0. The molecule has 9 heteroatoms. The summed E-state index contributed by atoms with van der Waals surface area (Å²) in [5.41, 5.74) is 3.56. The second-order valence-corrected chi connectivity index (χ2v) is 8.50. The Bertz CT molecular complexity index is 1280. The van der Waals surface area contributed by atoms with Crippen molar-refractivity contribution in [2.45, 2.75) is 20.8 Å². The minimum absolute atomic E-state index is 0.0932. The smallest absolute Gasteiger partial charge is 0.341 e. The van der Waals surface area contributed by atoms with Crippen molar-refractivity contribution in [1.82, 2.24) is 0 Å². The monoisotopic (exact) mass is 466 g/mol. The van der Waals surface area contributed by atoms with Crippen LogP contribution in [0.4, 0.5) is 10.7 Å². The highest BCUT2D eigenvalue weighted by Crippen LogP contribution is 2.36. The zero-order valence-electron chi connectivity index (χ0n) is 18.5. The fourth-order valence-electron chi connectivity index (χ4n) is 3.44. The molecule has 4 rings (SSSR count). The van der Waals surface area contributed by atoms with Crippen molar-refractivity contribution in [3.05, 3.63) is 69.1 Å². The van der Waals surface area contributed by atoms with Crippen LogP contribution in [-0.4, -0.2) is 31.7 Å². The second-order valence-electron chi connectivity index (χ2n) is 7.48. The zero-order chi connectivity index (χ0) is 23.7. The molecule has 33 heavy (non-hydrogen) atoms. The third-order valence-corrected chi connectivity index (χ3v) is 6.66. The maximum atomic E-state index is 13.1. The number of thiophene rings is 1. The summed E-state index contributed by atoms with van der Waals surface area (Å²) in [5.74, 6) is -0.456. The summed E-state index contributed by atoms with van der Waals surface area (Å²) in [4.78, 5) is 38.7. The molecular formula is C24H22N2O6S. The number of hydrogen-bond donors (Lipinski definition) is 2. The van der Waals surface area contributed by atoms with Crippen LogP contribution < -0.4 is 20.1 Å². The molecule has 0 saturated heterocycles. The van der Waals surface area contributed by atoms with Gasteiger partial charge in [0, 0.05) is 11.3 Å². The largest absolute Gasteiger partial charge is 0.465 e. The van der Waals surface area contributed by atoms with Crippen molar-refractivity contribution in [2.24, 2.45) is 0 Å². The van der Waals surface area contributed by atoms with Gasteiger partial charge in [0.25, 0.3) is 11.8 Å². The molecule has 0 unspecified atom stereocenters. The Labute approximate surface area is 194 Å². The standard InChI is InChI=1S/C24H22N2O6S/c1-12-6-5-7-16(13(12)2)25-22(28)20-14(3)19(24(29)30-4)23(33-20)26-21(27)15-8-9-17-18(10-15)32-11-31-17/h5-10H,11H2,1-4H3,(H,25,28)(H,26,27). The van der Waals surface area contributed by atoms with Crippen molar-refractivity contribution >= 4 is 39.8 Å². The third-order valence-electron chi connectivity index (χ3n) is 5.46. The van der Waals surface area contributed by atoms with Crippen molar-refractivity contribution in [3.63, 3.8) is 0 Å². The number of hydrogen-bond acceptors (Lipinski definition) is 7. The van der Waals surface area contributed by atoms with Gasteiger partial charge < -0.3 is 24.8 Å². The normalized spacial score (nSPS) is 11.8. The molecule has 0 radical (unpaired) electrons. The van der Waals surface area contributed by atoms with Gasteiger partial charge in [0.05, 0.1) is 17.6 Å². The lowest BCUT2D eigenvalue weighted by molar-refractivity contribution is 0.0601. The van der Waals surface area contributed by atoms with Crippen LogP contribution in [0, 0.1) is 20.8 Å². The SMILES string of the molecule is COC(=O)c1c(NC(=O)c2ccc3c(c2)OCO3)sc(C(=O)Nc2cccc(C)c2C)c1C. The van der Waals surface area contributed by atoms with E-state index in [4.69, 9.17) is 14.2 Å². The Hall–Kier alpha value is -3.85. The molecule has 0 saturated carbocycles. The van der Waals surface area contributed by atoms with E-state index >= 15 is 0 Å². The lowest BCUT2D eigenvalue weighted by atomic mass is 10.1. The first-order valence-corrected chi connectivity index (χ1v) is 10.9. The number of aryl methyl sites for hydroxylation is 1. The van der Waals surface area contributed by atoms with Crippen molar-refractivity contribution in [3.8, 4) is 11.5 Å². The Kier molecular flexibility index (Phi) is 6.06. The Balaban J connectivity index is 1.64. The Morgan fingerprint density at radius 3 is 2.45 bits per heavy atom. The van der Waals surface area contributed by atoms with Crippen LogP contribution in [0.5, 0.6) is 11.5 Å². The maximum absolute atomic E-state index is 13.1. The maximum Gasteiger partial charge on any atom is 0.341 e. The molecule has 2 aromatic carbocycles. The Morgan fingerprint density at radius 2 is 1.70 bits per heavy atom. The fraction of sp³-hybridized carbons (Fsp3) is 0.208. The third kappa shape index (κ3) is 4.27. The summed E-state index contributed by atoms with van der Waals surface area (Å²) in [6, 6.07) is 10.4. The molecule has 3 aromatic rings. The van der Waals surface area contributed by atoms with Gasteiger partial charge in [-0.1, -0.05) is 12.1 Å². The minimum Gasteiger partial charge on any atom is -0.465 e. The number of amides is 2. The number of carbonyl (C=O) groups is 3. The minimum atomic E-state index is -0.643. The van der Waals surface area contributed by atoms with E-state index in [-0.39, 0.29) is 23.3 Å². The van der Waals surface area contributed by atoms with Crippen LogP contribution >= 0.6 is 11.3 Å². The van der Waals surface area contributed by atoms with Gasteiger partial charge in [0.15, 0.2) is 11.5 Å². The van der Waals surface area contributed by atoms with Crippen LogP contribution in [0.15, 0.2) is 36.4 Å². The summed E-state index contributed by atoms with van der Waals surface area (Å²) in [6.45, 7) is 5.62. The van der Waals surface area contributed by atoms with Gasteiger partial charge in [-0.05, 0) is 61.7 Å². The average molecular weight is 467 g/mol. The summed E-state index contributed by atoms with van der Waals surface area (Å²) < 4.78 is 15.5. The molecule has 1 aromatic heterocycles. The molecular weight excluding hydrogens is 444 g/mol. The molecule has 1 aliphatic rings. The van der Waals surface area contributed by atoms with Crippen molar-refractivity contribution < 1.29 is 28.6 Å². The van der Waals surface area contributed by atoms with Gasteiger partial charge in [0.2, 0.25) is 6.79 Å². The van der Waals surface area contributed by atoms with Gasteiger partial charge in [-0.2, -0.15) is 0 Å². The average Bonchev–Trinajstić information content (AvgIpc) is 3.40. The van der Waals surface area contributed by atoms with E-state index < -0.39 is 11.9 Å². The summed E-state index contributed by atoms with van der Waals surface area (Å²) in [5, 5.41) is 5.86. The first kappa shape index (κ1) is 22.3. The van der Waals surface area contributed by atoms with Crippen LogP contribution in [0.3, 0.4) is 0 Å². The Morgan fingerprint density at radius 1 is 0.939 bits per heavy atom. The van der Waals surface area contributed by atoms with Crippen LogP contribution in [0.1, 0.15) is 47.1 Å². The van der Waals surface area contributed by atoms with E-state index in [9.17, 15) is 14.4 Å². The summed E-state index contributed by atoms with van der Waals surface area (Å²) in [7, 11) is 1.25. The zero-order valence-corrected chi connectivity index (χ0v) is 19.3. The number of fused-ring (bicyclic) bond motifs is 1. The topological polar surface area (TPSA) is 103 Å². The number of benzene rings is 2. The highest BCUT2D eigenvalue weighted by Gasteiger charge is 2.27. The summed E-state index contributed by atoms with van der Waals surface area (Å²) >= 11 is 1.01. The van der Waals surface area contributed by atoms with Crippen LogP contribution in [0.25, 0.3) is 0 Å². The molecule has 1 aliphatic heterocycles. The van der Waals surface area contributed by atoms with Gasteiger partial charge in [-0.3, -0.25) is 9.59 Å². The van der Waals surface area contributed by atoms with Gasteiger partial charge in [-0.15, -0.1) is 11.3 Å². The molecule has 8 nitrogen and oxygen atoms in total. The number of carbonyl (C=O) groups excluding carboxylic acids is 3. The molecule has 0 atom stereocenters. The quantitative estimate of drug-likeness (QED) is 0.529. The molecule has 2 heterocycles. The van der Waals surface area contributed by atoms with Crippen molar-refractivity contribution in [2.75, 3.05) is 24.5 Å². The molecule has 0 spiro atoms. The van der Waals surface area contributed by atoms with Gasteiger partial charge >= 0.3 is 5.97 Å². The molecule has 0 fully saturated rings. The van der Waals surface area contributed by atoms with E-state index in [1.54, 1.807) is 25.1 Å². The van der Waals surface area contributed by atoms with E-state index in [2.05, 4.69) is 10.6 Å². The lowest BCUT2D eigenvalue weighted by Gasteiger charge is -2.10. The number of rotatable bonds is 5. The van der Waals surface area contributed by atoms with Crippen LogP contribution in [-0.2, 0) is 4.74 Å². The van der Waals surface area contributed by atoms with Crippen LogP contribution in [0.2, 0.25) is 0 Å². The highest BCUT2D eigenvalue weighted by atomic mass is 32.1. The molecule has 170 valence electrons. The number of esters is 1. The van der Waals surface area contributed by atoms with E-state index in [0.29, 0.717) is 33.2 Å². The molecule has 2 amide bonds. The predicted molar refractivity (Wildman–Crippen MR) is 125 cm³/mol. The first-order chi connectivity index (χ1) is 15.8. The predicted octanol–water partition coefficient (Wildman–Crippen LogP) is 4.69. The van der Waals surface area contributed by atoms with Gasteiger partial charge in [-0.25, -0.2) is 4.79 Å². The highest BCUT2D eigenvalue weighted by molar-refractivity contribution is 7.19. The second kappa shape index (κ2) is 8.95. The fourth-order valence-corrected chi connectivity index (χ4v) is 4.53. The first-order valence-electron chi connectivity index (χ1n) is 10.1. The molecule has 0 bridgehead atoms. The van der Waals surface area contributed by atoms with Crippen molar-refractivity contribution in [1.29, 1.82) is 0 Å². The number of nitrogens with one attached hydrogen (secondary N) is 2. The van der Waals surface area contributed by atoms with E-state index in [1.807, 2.05) is 32.0 Å². The molecule has 2 N–H and O–H groups in total. The molecule has 0 aliphatic carbocycles.